The number of likely N-dealkylation sites (tertiary alicyclic amines) is 1. The van der Waals surface area contributed by atoms with Gasteiger partial charge in [-0.05, 0) is 48.9 Å². The van der Waals surface area contributed by atoms with E-state index in [1.54, 1.807) is 47.4 Å². The first-order valence-electron chi connectivity index (χ1n) is 11.5. The standard InChI is InChI=1S/C27H28N2O5S/c1-18-10-11-22(33-2)21(17-18)28-25(30)24(19-7-4-3-5-8-19)34-27(32)20-12-14-29(15-13-20)26(31)23-9-6-16-35-23/h3-11,16-17,20,24H,12-15H2,1-2H3,(H,28,30). The van der Waals surface area contributed by atoms with Crippen LogP contribution in [0.4, 0.5) is 5.69 Å². The molecule has 1 aromatic heterocycles. The number of benzene rings is 2. The van der Waals surface area contributed by atoms with Crippen molar-refractivity contribution < 1.29 is 23.9 Å². The Morgan fingerprint density at radius 3 is 2.43 bits per heavy atom. The topological polar surface area (TPSA) is 84.9 Å². The van der Waals surface area contributed by atoms with Gasteiger partial charge in [-0.2, -0.15) is 0 Å². The molecule has 7 nitrogen and oxygen atoms in total. The van der Waals surface area contributed by atoms with E-state index in [0.717, 1.165) is 5.56 Å². The molecule has 1 aliphatic rings. The van der Waals surface area contributed by atoms with Gasteiger partial charge in [0.15, 0.2) is 0 Å². The molecule has 1 atom stereocenters. The molecular formula is C27H28N2O5S. The Hall–Kier alpha value is -3.65. The van der Waals surface area contributed by atoms with Crippen molar-refractivity contribution in [1.82, 2.24) is 4.90 Å². The SMILES string of the molecule is COc1ccc(C)cc1NC(=O)C(OC(=O)C1CCN(C(=O)c2cccs2)CC1)c1ccccc1. The summed E-state index contributed by atoms with van der Waals surface area (Å²) in [6.07, 6.45) is -0.130. The molecule has 0 bridgehead atoms. The van der Waals surface area contributed by atoms with Gasteiger partial charge in [-0.15, -0.1) is 11.3 Å². The van der Waals surface area contributed by atoms with Crippen LogP contribution in [0, 0.1) is 12.8 Å². The highest BCUT2D eigenvalue weighted by Gasteiger charge is 2.33. The van der Waals surface area contributed by atoms with Crippen LogP contribution in [0.2, 0.25) is 0 Å². The molecule has 1 aliphatic heterocycles. The fourth-order valence-electron chi connectivity index (χ4n) is 4.11. The molecule has 2 aromatic carbocycles. The van der Waals surface area contributed by atoms with Crippen LogP contribution in [0.5, 0.6) is 5.75 Å². The van der Waals surface area contributed by atoms with E-state index in [4.69, 9.17) is 9.47 Å². The number of nitrogens with one attached hydrogen (secondary N) is 1. The van der Waals surface area contributed by atoms with Crippen LogP contribution in [-0.2, 0) is 14.3 Å². The molecule has 1 unspecified atom stereocenters. The van der Waals surface area contributed by atoms with Gasteiger partial charge in [-0.1, -0.05) is 42.5 Å². The van der Waals surface area contributed by atoms with E-state index in [-0.39, 0.29) is 11.8 Å². The monoisotopic (exact) mass is 492 g/mol. The molecular weight excluding hydrogens is 464 g/mol. The number of esters is 1. The second kappa shape index (κ2) is 11.2. The number of amides is 2. The van der Waals surface area contributed by atoms with E-state index in [1.807, 2.05) is 30.5 Å². The van der Waals surface area contributed by atoms with Gasteiger partial charge in [0.25, 0.3) is 11.8 Å². The van der Waals surface area contributed by atoms with Crippen molar-refractivity contribution in [1.29, 1.82) is 0 Å². The van der Waals surface area contributed by atoms with Gasteiger partial charge in [-0.3, -0.25) is 14.4 Å². The van der Waals surface area contributed by atoms with Crippen LogP contribution < -0.4 is 10.1 Å². The van der Waals surface area contributed by atoms with Gasteiger partial charge in [0, 0.05) is 18.7 Å². The summed E-state index contributed by atoms with van der Waals surface area (Å²) in [4.78, 5) is 41.4. The summed E-state index contributed by atoms with van der Waals surface area (Å²) < 4.78 is 11.2. The summed E-state index contributed by atoms with van der Waals surface area (Å²) in [6, 6.07) is 18.1. The van der Waals surface area contributed by atoms with Crippen molar-refractivity contribution in [2.45, 2.75) is 25.9 Å². The fourth-order valence-corrected chi connectivity index (χ4v) is 4.80. The lowest BCUT2D eigenvalue weighted by Gasteiger charge is -2.31. The normalized spacial score (nSPS) is 14.7. The van der Waals surface area contributed by atoms with Crippen molar-refractivity contribution in [3.05, 3.63) is 82.0 Å². The Morgan fingerprint density at radius 1 is 1.03 bits per heavy atom. The molecule has 0 saturated carbocycles. The summed E-state index contributed by atoms with van der Waals surface area (Å²) in [5.41, 5.74) is 2.04. The van der Waals surface area contributed by atoms with Crippen LogP contribution in [0.1, 0.15) is 39.7 Å². The molecule has 0 spiro atoms. The van der Waals surface area contributed by atoms with E-state index in [9.17, 15) is 14.4 Å². The first-order chi connectivity index (χ1) is 17.0. The van der Waals surface area contributed by atoms with Crippen molar-refractivity contribution in [2.24, 2.45) is 5.92 Å². The van der Waals surface area contributed by atoms with Gasteiger partial charge < -0.3 is 19.7 Å². The summed E-state index contributed by atoms with van der Waals surface area (Å²) in [7, 11) is 1.53. The second-order valence-corrected chi connectivity index (χ2v) is 9.41. The van der Waals surface area contributed by atoms with Crippen molar-refractivity contribution in [3.8, 4) is 5.75 Å². The van der Waals surface area contributed by atoms with Crippen LogP contribution in [0.3, 0.4) is 0 Å². The minimum Gasteiger partial charge on any atom is -0.495 e. The zero-order valence-corrected chi connectivity index (χ0v) is 20.5. The predicted molar refractivity (Wildman–Crippen MR) is 135 cm³/mol. The maximum atomic E-state index is 13.3. The molecule has 1 N–H and O–H groups in total. The number of nitrogens with zero attached hydrogens (tertiary/aromatic N) is 1. The molecule has 1 fully saturated rings. The Kier molecular flexibility index (Phi) is 7.82. The number of anilines is 1. The molecule has 2 amide bonds. The van der Waals surface area contributed by atoms with Gasteiger partial charge in [-0.25, -0.2) is 0 Å². The van der Waals surface area contributed by atoms with Crippen molar-refractivity contribution in [2.75, 3.05) is 25.5 Å². The van der Waals surface area contributed by atoms with Crippen LogP contribution in [0.25, 0.3) is 0 Å². The molecule has 182 valence electrons. The van der Waals surface area contributed by atoms with Gasteiger partial charge in [0.2, 0.25) is 6.10 Å². The predicted octanol–water partition coefficient (Wildman–Crippen LogP) is 4.84. The number of carbonyl (C=O) groups is 3. The number of rotatable bonds is 7. The van der Waals surface area contributed by atoms with Gasteiger partial charge >= 0.3 is 5.97 Å². The zero-order chi connectivity index (χ0) is 24.8. The smallest absolute Gasteiger partial charge is 0.310 e. The highest BCUT2D eigenvalue weighted by molar-refractivity contribution is 7.12. The third-order valence-electron chi connectivity index (χ3n) is 6.03. The number of thiophene rings is 1. The summed E-state index contributed by atoms with van der Waals surface area (Å²) in [5, 5.41) is 4.73. The number of methoxy groups -OCH3 is 1. The Labute approximate surface area is 208 Å². The average molecular weight is 493 g/mol. The quantitative estimate of drug-likeness (QED) is 0.477. The largest absolute Gasteiger partial charge is 0.495 e. The average Bonchev–Trinajstić information content (AvgIpc) is 3.42. The lowest BCUT2D eigenvalue weighted by atomic mass is 9.96. The number of ether oxygens (including phenoxy) is 2. The summed E-state index contributed by atoms with van der Waals surface area (Å²) >= 11 is 1.41. The van der Waals surface area contributed by atoms with E-state index in [1.165, 1.54) is 18.4 Å². The minimum absolute atomic E-state index is 0.0135. The Morgan fingerprint density at radius 2 is 1.77 bits per heavy atom. The van der Waals surface area contributed by atoms with Crippen LogP contribution in [-0.4, -0.2) is 42.9 Å². The highest BCUT2D eigenvalue weighted by atomic mass is 32.1. The highest BCUT2D eigenvalue weighted by Crippen LogP contribution is 2.29. The van der Waals surface area contributed by atoms with Crippen molar-refractivity contribution >= 4 is 34.8 Å². The molecule has 2 heterocycles. The number of hydrogen-bond acceptors (Lipinski definition) is 6. The fraction of sp³-hybridized carbons (Fsp3) is 0.296. The Balaban J connectivity index is 1.44. The third kappa shape index (κ3) is 5.89. The lowest BCUT2D eigenvalue weighted by Crippen LogP contribution is -2.41. The molecule has 1 saturated heterocycles. The zero-order valence-electron chi connectivity index (χ0n) is 19.7. The van der Waals surface area contributed by atoms with E-state index in [0.29, 0.717) is 47.8 Å². The first kappa shape index (κ1) is 24.5. The van der Waals surface area contributed by atoms with Crippen LogP contribution in [0.15, 0.2) is 66.0 Å². The maximum absolute atomic E-state index is 13.3. The second-order valence-electron chi connectivity index (χ2n) is 8.46. The minimum atomic E-state index is -1.11. The number of carbonyl (C=O) groups excluding carboxylic acids is 3. The molecule has 35 heavy (non-hydrogen) atoms. The maximum Gasteiger partial charge on any atom is 0.310 e. The van der Waals surface area contributed by atoms with Crippen molar-refractivity contribution in [3.63, 3.8) is 0 Å². The molecule has 4 rings (SSSR count). The molecule has 0 aliphatic carbocycles. The molecule has 8 heteroatoms. The summed E-state index contributed by atoms with van der Waals surface area (Å²) in [6.45, 7) is 2.86. The van der Waals surface area contributed by atoms with Gasteiger partial charge in [0.05, 0.1) is 23.6 Å². The lowest BCUT2D eigenvalue weighted by molar-refractivity contribution is -0.160. The molecule has 3 aromatic rings. The third-order valence-corrected chi connectivity index (χ3v) is 6.89. The van der Waals surface area contributed by atoms with E-state index in [2.05, 4.69) is 5.32 Å². The Bertz CT molecular complexity index is 1170. The number of aryl methyl sites for hydroxylation is 1. The number of hydrogen-bond donors (Lipinski definition) is 1. The van der Waals surface area contributed by atoms with Gasteiger partial charge in [0.1, 0.15) is 5.75 Å². The van der Waals surface area contributed by atoms with E-state index < -0.39 is 18.0 Å². The van der Waals surface area contributed by atoms with E-state index >= 15 is 0 Å². The molecule has 0 radical (unpaired) electrons. The number of piperidine rings is 1. The first-order valence-corrected chi connectivity index (χ1v) is 12.4. The van der Waals surface area contributed by atoms with Crippen LogP contribution >= 0.6 is 11.3 Å². The summed E-state index contributed by atoms with van der Waals surface area (Å²) in [5.74, 6) is -0.771.